The molecule has 0 spiro atoms. The van der Waals surface area contributed by atoms with Crippen molar-refractivity contribution in [1.82, 2.24) is 4.90 Å². The van der Waals surface area contributed by atoms with Gasteiger partial charge in [-0.05, 0) is 46.7 Å². The summed E-state index contributed by atoms with van der Waals surface area (Å²) in [6.07, 6.45) is 2.37. The van der Waals surface area contributed by atoms with E-state index in [0.29, 0.717) is 26.4 Å². The third-order valence-electron chi connectivity index (χ3n) is 3.39. The third-order valence-corrected chi connectivity index (χ3v) is 5.58. The lowest BCUT2D eigenvalue weighted by Crippen LogP contribution is -2.34. The van der Waals surface area contributed by atoms with Crippen LogP contribution in [0.15, 0.2) is 0 Å². The molecule has 0 bridgehead atoms. The normalized spacial score (nSPS) is 17.9. The molecule has 0 aliphatic carbocycles. The first-order valence-corrected chi connectivity index (χ1v) is 9.54. The zero-order valence-electron chi connectivity index (χ0n) is 13.4. The van der Waals surface area contributed by atoms with Crippen molar-refractivity contribution in [3.05, 3.63) is 0 Å². The summed E-state index contributed by atoms with van der Waals surface area (Å²) in [4.78, 5) is 14.3. The Hall–Kier alpha value is -0.420. The Morgan fingerprint density at radius 3 is 2.14 bits per heavy atom. The van der Waals surface area contributed by atoms with Gasteiger partial charge in [0.05, 0.1) is 31.9 Å². The molecular formula is C14H28NO5P. The highest BCUT2D eigenvalue weighted by atomic mass is 31.2. The first-order chi connectivity index (χ1) is 10.0. The first kappa shape index (κ1) is 18.6. The Kier molecular flexibility index (Phi) is 8.49. The number of hydrogen-bond acceptors (Lipinski definition) is 6. The molecule has 1 aliphatic heterocycles. The smallest absolute Gasteiger partial charge is 0.331 e. The number of hydrogen-bond donors (Lipinski definition) is 0. The molecular weight excluding hydrogens is 293 g/mol. The zero-order chi connectivity index (χ0) is 15.7. The second-order valence-corrected chi connectivity index (χ2v) is 7.19. The number of nitrogens with zero attached hydrogens (tertiary/aromatic N) is 1. The molecule has 1 atom stereocenters. The second kappa shape index (κ2) is 9.57. The predicted octanol–water partition coefficient (Wildman–Crippen LogP) is 2.53. The fourth-order valence-corrected chi connectivity index (χ4v) is 4.43. The van der Waals surface area contributed by atoms with E-state index in [1.165, 1.54) is 0 Å². The maximum atomic E-state index is 12.6. The van der Waals surface area contributed by atoms with Crippen LogP contribution in [0.4, 0.5) is 0 Å². The van der Waals surface area contributed by atoms with E-state index >= 15 is 0 Å². The first-order valence-electron chi connectivity index (χ1n) is 7.81. The molecule has 0 aromatic rings. The van der Waals surface area contributed by atoms with Gasteiger partial charge in [0.25, 0.3) is 0 Å². The average Bonchev–Trinajstić information content (AvgIpc) is 2.91. The summed E-state index contributed by atoms with van der Waals surface area (Å²) in [6.45, 7) is 8.75. The van der Waals surface area contributed by atoms with E-state index in [-0.39, 0.29) is 12.1 Å². The van der Waals surface area contributed by atoms with Crippen LogP contribution in [0.2, 0.25) is 0 Å². The molecule has 1 heterocycles. The van der Waals surface area contributed by atoms with E-state index in [9.17, 15) is 9.36 Å². The second-order valence-electron chi connectivity index (χ2n) is 5.09. The Bertz CT molecular complexity index is 347. The Balaban J connectivity index is 2.73. The topological polar surface area (TPSA) is 65.1 Å². The Morgan fingerprint density at radius 2 is 1.67 bits per heavy atom. The maximum absolute atomic E-state index is 12.6. The molecule has 0 radical (unpaired) electrons. The van der Waals surface area contributed by atoms with Crippen molar-refractivity contribution < 1.29 is 23.1 Å². The van der Waals surface area contributed by atoms with Crippen LogP contribution in [0.3, 0.4) is 0 Å². The largest absolute Gasteiger partial charge is 0.466 e. The average molecular weight is 321 g/mol. The number of esters is 1. The minimum Gasteiger partial charge on any atom is -0.466 e. The van der Waals surface area contributed by atoms with Gasteiger partial charge in [0, 0.05) is 6.54 Å². The molecule has 6 nitrogen and oxygen atoms in total. The lowest BCUT2D eigenvalue weighted by atomic mass is 10.1. The van der Waals surface area contributed by atoms with Crippen LogP contribution in [0.25, 0.3) is 0 Å². The van der Waals surface area contributed by atoms with E-state index < -0.39 is 13.5 Å². The molecule has 0 aromatic heterocycles. The summed E-state index contributed by atoms with van der Waals surface area (Å²) in [5.41, 5.74) is 0. The summed E-state index contributed by atoms with van der Waals surface area (Å²) in [5, 5.41) is 0. The van der Waals surface area contributed by atoms with Gasteiger partial charge in [-0.15, -0.1) is 0 Å². The fourth-order valence-electron chi connectivity index (χ4n) is 2.55. The van der Waals surface area contributed by atoms with Gasteiger partial charge in [-0.1, -0.05) is 0 Å². The van der Waals surface area contributed by atoms with Crippen molar-refractivity contribution in [2.24, 2.45) is 5.92 Å². The molecule has 21 heavy (non-hydrogen) atoms. The highest BCUT2D eigenvalue weighted by molar-refractivity contribution is 7.53. The van der Waals surface area contributed by atoms with Crippen molar-refractivity contribution >= 4 is 13.6 Å². The van der Waals surface area contributed by atoms with Crippen molar-refractivity contribution in [2.75, 3.05) is 45.6 Å². The standard InChI is InChI=1S/C14H28NO5P/c1-4-18-14(16)13(11-15-9-7-8-10-15)12-21(17,19-5-2)20-6-3/h13H,4-12H2,1-3H3. The molecule has 0 aromatic carbocycles. The molecule has 0 amide bonds. The van der Waals surface area contributed by atoms with Gasteiger partial charge in [-0.3, -0.25) is 9.36 Å². The monoisotopic (exact) mass is 321 g/mol. The fraction of sp³-hybridized carbons (Fsp3) is 0.929. The zero-order valence-corrected chi connectivity index (χ0v) is 14.3. The van der Waals surface area contributed by atoms with Crippen LogP contribution in [0.1, 0.15) is 33.6 Å². The van der Waals surface area contributed by atoms with Gasteiger partial charge in [-0.2, -0.15) is 0 Å². The predicted molar refractivity (Wildman–Crippen MR) is 81.5 cm³/mol. The molecule has 1 unspecified atom stereocenters. The number of likely N-dealkylation sites (tertiary alicyclic amines) is 1. The van der Waals surface area contributed by atoms with E-state index in [0.717, 1.165) is 25.9 Å². The van der Waals surface area contributed by atoms with Crippen LogP contribution in [-0.2, 0) is 23.1 Å². The molecule has 1 aliphatic rings. The van der Waals surface area contributed by atoms with Gasteiger partial charge in [0.15, 0.2) is 0 Å². The summed E-state index contributed by atoms with van der Waals surface area (Å²) in [7, 11) is -3.24. The third kappa shape index (κ3) is 6.47. The van der Waals surface area contributed by atoms with Crippen LogP contribution < -0.4 is 0 Å². The number of carbonyl (C=O) groups is 1. The maximum Gasteiger partial charge on any atom is 0.331 e. The molecule has 124 valence electrons. The number of carbonyl (C=O) groups excluding carboxylic acids is 1. The molecule has 0 saturated carbocycles. The van der Waals surface area contributed by atoms with E-state index in [1.807, 2.05) is 0 Å². The minimum atomic E-state index is -3.24. The van der Waals surface area contributed by atoms with Gasteiger partial charge in [0.2, 0.25) is 0 Å². The Labute approximate surface area is 127 Å². The van der Waals surface area contributed by atoms with Gasteiger partial charge < -0.3 is 18.7 Å². The molecule has 0 N–H and O–H groups in total. The Morgan fingerprint density at radius 1 is 1.10 bits per heavy atom. The van der Waals surface area contributed by atoms with Crippen molar-refractivity contribution in [3.63, 3.8) is 0 Å². The highest BCUT2D eigenvalue weighted by Gasteiger charge is 2.34. The van der Waals surface area contributed by atoms with Crippen molar-refractivity contribution in [1.29, 1.82) is 0 Å². The van der Waals surface area contributed by atoms with Crippen LogP contribution in [-0.4, -0.2) is 56.5 Å². The van der Waals surface area contributed by atoms with Crippen molar-refractivity contribution in [3.8, 4) is 0 Å². The number of rotatable bonds is 10. The summed E-state index contributed by atoms with van der Waals surface area (Å²) >= 11 is 0. The summed E-state index contributed by atoms with van der Waals surface area (Å²) < 4.78 is 28.4. The minimum absolute atomic E-state index is 0.0873. The van der Waals surface area contributed by atoms with Crippen LogP contribution in [0, 0.1) is 5.92 Å². The quantitative estimate of drug-likeness (QED) is 0.455. The van der Waals surface area contributed by atoms with E-state index in [4.69, 9.17) is 13.8 Å². The molecule has 1 fully saturated rings. The highest BCUT2D eigenvalue weighted by Crippen LogP contribution is 2.49. The van der Waals surface area contributed by atoms with E-state index in [1.54, 1.807) is 20.8 Å². The van der Waals surface area contributed by atoms with E-state index in [2.05, 4.69) is 4.90 Å². The summed E-state index contributed by atoms with van der Waals surface area (Å²) in [5.74, 6) is -0.781. The lowest BCUT2D eigenvalue weighted by Gasteiger charge is -2.25. The van der Waals surface area contributed by atoms with Crippen LogP contribution in [0.5, 0.6) is 0 Å². The van der Waals surface area contributed by atoms with Gasteiger partial charge in [0.1, 0.15) is 0 Å². The summed E-state index contributed by atoms with van der Waals surface area (Å²) in [6, 6.07) is 0. The lowest BCUT2D eigenvalue weighted by molar-refractivity contribution is -0.147. The van der Waals surface area contributed by atoms with Gasteiger partial charge in [-0.25, -0.2) is 0 Å². The SMILES string of the molecule is CCOC(=O)C(CN1CCCC1)CP(=O)(OCC)OCC. The number of ether oxygens (including phenoxy) is 1. The van der Waals surface area contributed by atoms with Gasteiger partial charge >= 0.3 is 13.6 Å². The molecule has 7 heteroatoms. The van der Waals surface area contributed by atoms with Crippen LogP contribution >= 0.6 is 7.60 Å². The molecule has 1 saturated heterocycles. The molecule has 1 rings (SSSR count). The van der Waals surface area contributed by atoms with Crippen molar-refractivity contribution in [2.45, 2.75) is 33.6 Å².